The van der Waals surface area contributed by atoms with Crippen LogP contribution in [-0.2, 0) is 6.42 Å². The van der Waals surface area contributed by atoms with Gasteiger partial charge in [-0.3, -0.25) is 4.79 Å². The third kappa shape index (κ3) is 2.97. The number of nitrogens with one attached hydrogen (secondary N) is 2. The molecule has 1 aliphatic rings. The minimum absolute atomic E-state index is 0.0592. The van der Waals surface area contributed by atoms with Gasteiger partial charge in [-0.25, -0.2) is 0 Å². The van der Waals surface area contributed by atoms with E-state index >= 15 is 0 Å². The Morgan fingerprint density at radius 2 is 1.95 bits per heavy atom. The number of carbonyl (C=O) groups is 1. The van der Waals surface area contributed by atoms with E-state index < -0.39 is 0 Å². The molecule has 0 fully saturated rings. The Morgan fingerprint density at radius 1 is 1.25 bits per heavy atom. The van der Waals surface area contributed by atoms with E-state index in [9.17, 15) is 4.79 Å². The van der Waals surface area contributed by atoms with Crippen molar-refractivity contribution in [3.8, 4) is 0 Å². The highest BCUT2D eigenvalue weighted by Gasteiger charge is 2.26. The lowest BCUT2D eigenvalue weighted by molar-refractivity contribution is 0.0888. The summed E-state index contributed by atoms with van der Waals surface area (Å²) in [5.41, 5.74) is 3.16. The molecule has 3 heteroatoms. The first kappa shape index (κ1) is 14.9. The minimum atomic E-state index is -0.0642. The Labute approximate surface area is 122 Å². The van der Waals surface area contributed by atoms with Gasteiger partial charge in [0.25, 0.3) is 5.91 Å². The molecule has 20 heavy (non-hydrogen) atoms. The Hall–Kier alpha value is -1.51. The molecule has 0 bridgehead atoms. The monoisotopic (exact) mass is 274 g/mol. The van der Waals surface area contributed by atoms with E-state index in [1.807, 2.05) is 18.2 Å². The molecule has 0 spiro atoms. The van der Waals surface area contributed by atoms with Crippen LogP contribution in [-0.4, -0.2) is 18.0 Å². The Morgan fingerprint density at radius 3 is 2.60 bits per heavy atom. The molecule has 0 saturated carbocycles. The van der Waals surface area contributed by atoms with Crippen LogP contribution in [0.3, 0.4) is 0 Å². The summed E-state index contributed by atoms with van der Waals surface area (Å²) in [5.74, 6) is 0.0592. The highest BCUT2D eigenvalue weighted by molar-refractivity contribution is 5.95. The van der Waals surface area contributed by atoms with E-state index in [2.05, 4.69) is 31.4 Å². The maximum absolute atomic E-state index is 12.5. The maximum Gasteiger partial charge on any atom is 0.251 e. The number of aryl methyl sites for hydroxylation is 1. The molecule has 1 amide bonds. The average molecular weight is 274 g/mol. The third-order valence-electron chi connectivity index (χ3n) is 4.71. The van der Waals surface area contributed by atoms with Gasteiger partial charge in [-0.05, 0) is 55.9 Å². The fraction of sp³-hybridized carbons (Fsp3) is 0.588. The lowest BCUT2D eigenvalue weighted by atomic mass is 9.89. The normalized spacial score (nSPS) is 14.3. The van der Waals surface area contributed by atoms with Gasteiger partial charge in [-0.15, -0.1) is 0 Å². The molecule has 2 N–H and O–H groups in total. The molecule has 1 aliphatic heterocycles. The van der Waals surface area contributed by atoms with Crippen molar-refractivity contribution in [1.82, 2.24) is 5.32 Å². The lowest BCUT2D eigenvalue weighted by Crippen LogP contribution is -2.47. The summed E-state index contributed by atoms with van der Waals surface area (Å²) >= 11 is 0. The van der Waals surface area contributed by atoms with Crippen molar-refractivity contribution in [1.29, 1.82) is 0 Å². The second-order valence-corrected chi connectivity index (χ2v) is 5.70. The van der Waals surface area contributed by atoms with Crippen molar-refractivity contribution in [3.63, 3.8) is 0 Å². The van der Waals surface area contributed by atoms with Crippen LogP contribution in [0.2, 0.25) is 0 Å². The van der Waals surface area contributed by atoms with Gasteiger partial charge in [-0.1, -0.05) is 20.8 Å². The Balaban J connectivity index is 2.17. The van der Waals surface area contributed by atoms with E-state index in [0.717, 1.165) is 44.2 Å². The fourth-order valence-electron chi connectivity index (χ4n) is 2.94. The smallest absolute Gasteiger partial charge is 0.251 e. The molecule has 110 valence electrons. The van der Waals surface area contributed by atoms with Gasteiger partial charge in [0.1, 0.15) is 0 Å². The van der Waals surface area contributed by atoms with E-state index in [1.54, 1.807) is 0 Å². The zero-order valence-electron chi connectivity index (χ0n) is 12.9. The van der Waals surface area contributed by atoms with Gasteiger partial charge in [0.05, 0.1) is 0 Å². The summed E-state index contributed by atoms with van der Waals surface area (Å²) in [5, 5.41) is 6.62. The van der Waals surface area contributed by atoms with Crippen LogP contribution in [0.5, 0.6) is 0 Å². The summed E-state index contributed by atoms with van der Waals surface area (Å²) in [4.78, 5) is 12.5. The van der Waals surface area contributed by atoms with E-state index in [4.69, 9.17) is 0 Å². The van der Waals surface area contributed by atoms with E-state index in [0.29, 0.717) is 0 Å². The van der Waals surface area contributed by atoms with Crippen molar-refractivity contribution in [3.05, 3.63) is 29.3 Å². The maximum atomic E-state index is 12.5. The molecule has 0 radical (unpaired) electrons. The molecule has 2 rings (SSSR count). The number of hydrogen-bond acceptors (Lipinski definition) is 2. The standard InChI is InChI=1S/C17H26N2O/c1-4-17(5-2,6-3)19-16(20)14-9-10-15-13(12-14)8-7-11-18-15/h9-10,12,18H,4-8,11H2,1-3H3,(H,19,20). The van der Waals surface area contributed by atoms with Crippen LogP contribution in [0.1, 0.15) is 62.4 Å². The SMILES string of the molecule is CCC(CC)(CC)NC(=O)c1ccc2c(c1)CCCN2. The molecule has 0 atom stereocenters. The lowest BCUT2D eigenvalue weighted by Gasteiger charge is -2.32. The number of amides is 1. The number of rotatable bonds is 5. The molecule has 1 aromatic carbocycles. The number of hydrogen-bond donors (Lipinski definition) is 2. The van der Waals surface area contributed by atoms with Crippen LogP contribution >= 0.6 is 0 Å². The number of carbonyl (C=O) groups excluding carboxylic acids is 1. The number of benzene rings is 1. The van der Waals surface area contributed by atoms with Gasteiger partial charge in [0.15, 0.2) is 0 Å². The summed E-state index contributed by atoms with van der Waals surface area (Å²) in [6, 6.07) is 6.01. The topological polar surface area (TPSA) is 41.1 Å². The molecule has 3 nitrogen and oxygen atoms in total. The summed E-state index contributed by atoms with van der Waals surface area (Å²) in [7, 11) is 0. The molecule has 0 saturated heterocycles. The molecule has 1 aromatic rings. The quantitative estimate of drug-likeness (QED) is 0.858. The van der Waals surface area contributed by atoms with Gasteiger partial charge >= 0.3 is 0 Å². The Kier molecular flexibility index (Phi) is 4.69. The zero-order chi connectivity index (χ0) is 14.6. The van der Waals surface area contributed by atoms with Gasteiger partial charge in [-0.2, -0.15) is 0 Å². The van der Waals surface area contributed by atoms with Crippen LogP contribution in [0.15, 0.2) is 18.2 Å². The highest BCUT2D eigenvalue weighted by Crippen LogP contribution is 2.24. The molecular weight excluding hydrogens is 248 g/mol. The first-order valence-corrected chi connectivity index (χ1v) is 7.83. The van der Waals surface area contributed by atoms with Gasteiger partial charge in [0.2, 0.25) is 0 Å². The first-order valence-electron chi connectivity index (χ1n) is 7.83. The van der Waals surface area contributed by atoms with Crippen LogP contribution in [0, 0.1) is 0 Å². The molecule has 0 aliphatic carbocycles. The fourth-order valence-corrected chi connectivity index (χ4v) is 2.94. The van der Waals surface area contributed by atoms with Gasteiger partial charge < -0.3 is 10.6 Å². The van der Waals surface area contributed by atoms with E-state index in [1.165, 1.54) is 11.3 Å². The minimum Gasteiger partial charge on any atom is -0.385 e. The molecule has 0 unspecified atom stereocenters. The average Bonchev–Trinajstić information content (AvgIpc) is 2.52. The zero-order valence-corrected chi connectivity index (χ0v) is 12.9. The van der Waals surface area contributed by atoms with Crippen molar-refractivity contribution in [2.24, 2.45) is 0 Å². The molecular formula is C17H26N2O. The van der Waals surface area contributed by atoms with Crippen molar-refractivity contribution < 1.29 is 4.79 Å². The Bertz CT molecular complexity index is 470. The van der Waals surface area contributed by atoms with Crippen molar-refractivity contribution >= 4 is 11.6 Å². The van der Waals surface area contributed by atoms with Gasteiger partial charge in [0, 0.05) is 23.3 Å². The second-order valence-electron chi connectivity index (χ2n) is 5.70. The van der Waals surface area contributed by atoms with E-state index in [-0.39, 0.29) is 11.4 Å². The summed E-state index contributed by atoms with van der Waals surface area (Å²) < 4.78 is 0. The number of anilines is 1. The highest BCUT2D eigenvalue weighted by atomic mass is 16.1. The molecule has 1 heterocycles. The van der Waals surface area contributed by atoms with Crippen LogP contribution in [0.25, 0.3) is 0 Å². The van der Waals surface area contributed by atoms with Crippen molar-refractivity contribution in [2.45, 2.75) is 58.4 Å². The largest absolute Gasteiger partial charge is 0.385 e. The predicted molar refractivity (Wildman–Crippen MR) is 84.3 cm³/mol. The van der Waals surface area contributed by atoms with Crippen LogP contribution in [0.4, 0.5) is 5.69 Å². The summed E-state index contributed by atoms with van der Waals surface area (Å²) in [6.07, 6.45) is 5.11. The number of fused-ring (bicyclic) bond motifs is 1. The van der Waals surface area contributed by atoms with Crippen LogP contribution < -0.4 is 10.6 Å². The van der Waals surface area contributed by atoms with Crippen molar-refractivity contribution in [2.75, 3.05) is 11.9 Å². The predicted octanol–water partition coefficient (Wildman–Crippen LogP) is 3.74. The summed E-state index contributed by atoms with van der Waals surface area (Å²) in [6.45, 7) is 7.46. The second kappa shape index (κ2) is 6.29. The first-order chi connectivity index (χ1) is 9.64. The third-order valence-corrected chi connectivity index (χ3v) is 4.71. The molecule has 0 aromatic heterocycles.